The van der Waals surface area contributed by atoms with Gasteiger partial charge in [-0.2, -0.15) is 16.9 Å². The van der Waals surface area contributed by atoms with Gasteiger partial charge in [-0.1, -0.05) is 0 Å². The highest BCUT2D eigenvalue weighted by Gasteiger charge is 1.97. The molecule has 96 valence electrons. The quantitative estimate of drug-likeness (QED) is 0.779. The fraction of sp³-hybridized carbons (Fsp3) is 0.385. The van der Waals surface area contributed by atoms with Crippen molar-refractivity contribution in [2.75, 3.05) is 23.9 Å². The van der Waals surface area contributed by atoms with Crippen LogP contribution in [0.25, 0.3) is 5.82 Å². The summed E-state index contributed by atoms with van der Waals surface area (Å²) in [6.45, 7) is 1.00. The Kier molecular flexibility index (Phi) is 5.08. The van der Waals surface area contributed by atoms with E-state index in [0.717, 1.165) is 18.1 Å². The molecule has 0 radical (unpaired) electrons. The van der Waals surface area contributed by atoms with Gasteiger partial charge in [0.15, 0.2) is 5.82 Å². The Morgan fingerprint density at radius 1 is 1.33 bits per heavy atom. The van der Waals surface area contributed by atoms with Gasteiger partial charge in [-0.25, -0.2) is 9.67 Å². The number of unbranched alkanes of at least 4 members (excludes halogenated alkanes) is 1. The van der Waals surface area contributed by atoms with Gasteiger partial charge in [0.25, 0.3) is 0 Å². The molecule has 0 bridgehead atoms. The average molecular weight is 262 g/mol. The van der Waals surface area contributed by atoms with Crippen LogP contribution in [0.5, 0.6) is 0 Å². The predicted molar refractivity (Wildman–Crippen MR) is 77.5 cm³/mol. The van der Waals surface area contributed by atoms with Crippen molar-refractivity contribution in [1.82, 2.24) is 14.8 Å². The average Bonchev–Trinajstić information content (AvgIpc) is 2.93. The molecule has 0 saturated heterocycles. The number of hydrogen-bond donors (Lipinski definition) is 1. The molecule has 0 saturated carbocycles. The Morgan fingerprint density at radius 3 is 2.94 bits per heavy atom. The molecule has 0 aliphatic heterocycles. The monoisotopic (exact) mass is 262 g/mol. The van der Waals surface area contributed by atoms with E-state index in [4.69, 9.17) is 0 Å². The van der Waals surface area contributed by atoms with E-state index in [1.807, 2.05) is 42.4 Å². The van der Waals surface area contributed by atoms with Gasteiger partial charge in [-0.3, -0.25) is 0 Å². The van der Waals surface area contributed by atoms with E-state index in [1.54, 1.807) is 10.9 Å². The zero-order chi connectivity index (χ0) is 12.6. The molecule has 0 amide bonds. The van der Waals surface area contributed by atoms with Crippen LogP contribution >= 0.6 is 11.8 Å². The highest BCUT2D eigenvalue weighted by molar-refractivity contribution is 7.98. The molecule has 2 aromatic heterocycles. The van der Waals surface area contributed by atoms with Crippen LogP contribution in [0.1, 0.15) is 12.8 Å². The summed E-state index contributed by atoms with van der Waals surface area (Å²) in [6.07, 6.45) is 10.1. The van der Waals surface area contributed by atoms with Crippen molar-refractivity contribution in [3.63, 3.8) is 0 Å². The first-order valence-corrected chi connectivity index (χ1v) is 7.48. The molecule has 2 rings (SSSR count). The minimum atomic E-state index is 0.841. The van der Waals surface area contributed by atoms with E-state index in [9.17, 15) is 0 Å². The van der Waals surface area contributed by atoms with E-state index >= 15 is 0 Å². The smallest absolute Gasteiger partial charge is 0.153 e. The molecule has 0 aliphatic carbocycles. The maximum absolute atomic E-state index is 4.37. The number of pyridine rings is 1. The van der Waals surface area contributed by atoms with E-state index < -0.39 is 0 Å². The number of rotatable bonds is 7. The van der Waals surface area contributed by atoms with Gasteiger partial charge in [0, 0.05) is 18.9 Å². The standard InChI is InChI=1S/C13H18N4S/c1-18-10-3-2-7-14-12-5-6-13(15-11-12)17-9-4-8-16-17/h4-6,8-9,11,14H,2-3,7,10H2,1H3. The topological polar surface area (TPSA) is 42.7 Å². The number of nitrogens with one attached hydrogen (secondary N) is 1. The molecule has 2 heterocycles. The highest BCUT2D eigenvalue weighted by Crippen LogP contribution is 2.09. The van der Waals surface area contributed by atoms with Crippen LogP contribution in [-0.4, -0.2) is 33.3 Å². The van der Waals surface area contributed by atoms with Crippen LogP contribution in [0.4, 0.5) is 5.69 Å². The molecule has 2 aromatic rings. The molecule has 0 aromatic carbocycles. The molecule has 18 heavy (non-hydrogen) atoms. The molecule has 4 nitrogen and oxygen atoms in total. The van der Waals surface area contributed by atoms with Gasteiger partial charge in [-0.05, 0) is 43.0 Å². The molecule has 0 atom stereocenters. The lowest BCUT2D eigenvalue weighted by atomic mass is 10.3. The first-order valence-electron chi connectivity index (χ1n) is 6.09. The van der Waals surface area contributed by atoms with E-state index in [2.05, 4.69) is 21.7 Å². The molecule has 0 spiro atoms. The zero-order valence-electron chi connectivity index (χ0n) is 10.5. The maximum Gasteiger partial charge on any atom is 0.153 e. The van der Waals surface area contributed by atoms with Gasteiger partial charge < -0.3 is 5.32 Å². The van der Waals surface area contributed by atoms with Crippen LogP contribution in [0.15, 0.2) is 36.8 Å². The lowest BCUT2D eigenvalue weighted by Gasteiger charge is -2.06. The maximum atomic E-state index is 4.37. The Morgan fingerprint density at radius 2 is 2.28 bits per heavy atom. The Labute approximate surface area is 112 Å². The lowest BCUT2D eigenvalue weighted by molar-refractivity contribution is 0.836. The summed E-state index contributed by atoms with van der Waals surface area (Å²) in [5, 5.41) is 7.52. The second-order valence-electron chi connectivity index (χ2n) is 3.98. The Bertz CT molecular complexity index is 439. The number of nitrogens with zero attached hydrogens (tertiary/aromatic N) is 3. The fourth-order valence-corrected chi connectivity index (χ4v) is 2.13. The third kappa shape index (κ3) is 3.77. The van der Waals surface area contributed by atoms with Crippen LogP contribution in [0.3, 0.4) is 0 Å². The van der Waals surface area contributed by atoms with Crippen molar-refractivity contribution in [2.24, 2.45) is 0 Å². The third-order valence-electron chi connectivity index (χ3n) is 2.59. The summed E-state index contributed by atoms with van der Waals surface area (Å²) in [5.74, 6) is 2.07. The van der Waals surface area contributed by atoms with Crippen LogP contribution in [-0.2, 0) is 0 Å². The first-order chi connectivity index (χ1) is 8.90. The van der Waals surface area contributed by atoms with Crippen molar-refractivity contribution < 1.29 is 0 Å². The van der Waals surface area contributed by atoms with Crippen molar-refractivity contribution in [2.45, 2.75) is 12.8 Å². The third-order valence-corrected chi connectivity index (χ3v) is 3.29. The Balaban J connectivity index is 1.81. The minimum Gasteiger partial charge on any atom is -0.384 e. The van der Waals surface area contributed by atoms with Crippen molar-refractivity contribution in [3.05, 3.63) is 36.8 Å². The summed E-state index contributed by atoms with van der Waals surface area (Å²) in [4.78, 5) is 4.37. The Hall–Kier alpha value is -1.49. The van der Waals surface area contributed by atoms with Crippen molar-refractivity contribution >= 4 is 17.4 Å². The van der Waals surface area contributed by atoms with Crippen LogP contribution < -0.4 is 5.32 Å². The summed E-state index contributed by atoms with van der Waals surface area (Å²) in [7, 11) is 0. The van der Waals surface area contributed by atoms with E-state index in [1.165, 1.54) is 18.6 Å². The summed E-state index contributed by atoms with van der Waals surface area (Å²) >= 11 is 1.90. The molecule has 5 heteroatoms. The number of thioether (sulfide) groups is 1. The van der Waals surface area contributed by atoms with Crippen LogP contribution in [0, 0.1) is 0 Å². The minimum absolute atomic E-state index is 0.841. The summed E-state index contributed by atoms with van der Waals surface area (Å²) in [5.41, 5.74) is 1.06. The highest BCUT2D eigenvalue weighted by atomic mass is 32.2. The molecule has 0 aliphatic rings. The van der Waals surface area contributed by atoms with Crippen LogP contribution in [0.2, 0.25) is 0 Å². The number of aromatic nitrogens is 3. The largest absolute Gasteiger partial charge is 0.384 e. The van der Waals surface area contributed by atoms with Gasteiger partial charge in [0.1, 0.15) is 0 Å². The molecule has 1 N–H and O–H groups in total. The lowest BCUT2D eigenvalue weighted by Crippen LogP contribution is -2.03. The normalized spacial score (nSPS) is 10.5. The van der Waals surface area contributed by atoms with Gasteiger partial charge in [0.2, 0.25) is 0 Å². The van der Waals surface area contributed by atoms with Crippen molar-refractivity contribution in [3.8, 4) is 5.82 Å². The van der Waals surface area contributed by atoms with Gasteiger partial charge in [0.05, 0.1) is 11.9 Å². The summed E-state index contributed by atoms with van der Waals surface area (Å²) < 4.78 is 1.75. The second-order valence-corrected chi connectivity index (χ2v) is 4.97. The SMILES string of the molecule is CSCCCCNc1ccc(-n2cccn2)nc1. The zero-order valence-corrected chi connectivity index (χ0v) is 11.4. The van der Waals surface area contributed by atoms with Gasteiger partial charge >= 0.3 is 0 Å². The number of hydrogen-bond acceptors (Lipinski definition) is 4. The van der Waals surface area contributed by atoms with E-state index in [0.29, 0.717) is 0 Å². The summed E-state index contributed by atoms with van der Waals surface area (Å²) in [6, 6.07) is 5.90. The van der Waals surface area contributed by atoms with E-state index in [-0.39, 0.29) is 0 Å². The molecule has 0 unspecified atom stereocenters. The fourth-order valence-electron chi connectivity index (χ4n) is 1.63. The molecular weight excluding hydrogens is 244 g/mol. The first kappa shape index (κ1) is 13.0. The van der Waals surface area contributed by atoms with Crippen molar-refractivity contribution in [1.29, 1.82) is 0 Å². The number of anilines is 1. The second kappa shape index (κ2) is 7.06. The molecular formula is C13H18N4S. The van der Waals surface area contributed by atoms with Gasteiger partial charge in [-0.15, -0.1) is 0 Å². The predicted octanol–water partition coefficient (Wildman–Crippen LogP) is 2.82. The molecule has 0 fully saturated rings.